The molecule has 170 valence electrons. The molecule has 30 heavy (non-hydrogen) atoms. The topological polar surface area (TPSA) is 25.8 Å². The molecule has 0 atom stereocenters. The molecule has 0 unspecified atom stereocenters. The first-order valence-corrected chi connectivity index (χ1v) is 13.6. The van der Waals surface area contributed by atoms with Crippen molar-refractivity contribution in [2.75, 3.05) is 0 Å². The monoisotopic (exact) mass is 412 g/mol. The lowest BCUT2D eigenvalue weighted by atomic mass is 9.68. The summed E-state index contributed by atoms with van der Waals surface area (Å²) in [7, 11) is 0. The van der Waals surface area contributed by atoms with Crippen molar-refractivity contribution < 1.29 is 0 Å². The maximum Gasteiger partial charge on any atom is 0.128 e. The number of nitrogens with zero attached hydrogens (tertiary/aromatic N) is 2. The van der Waals surface area contributed by atoms with Crippen LogP contribution in [0.4, 0.5) is 0 Å². The summed E-state index contributed by atoms with van der Waals surface area (Å²) in [5, 5.41) is 0. The minimum absolute atomic E-state index is 0.916. The van der Waals surface area contributed by atoms with Gasteiger partial charge in [0, 0.05) is 18.8 Å². The van der Waals surface area contributed by atoms with E-state index in [2.05, 4.69) is 36.2 Å². The quantitative estimate of drug-likeness (QED) is 0.322. The fourth-order valence-electron chi connectivity index (χ4n) is 6.21. The van der Waals surface area contributed by atoms with Crippen LogP contribution in [0, 0.1) is 23.7 Å². The average molecular weight is 413 g/mol. The van der Waals surface area contributed by atoms with Gasteiger partial charge in [0.2, 0.25) is 0 Å². The van der Waals surface area contributed by atoms with Gasteiger partial charge in [-0.1, -0.05) is 78.1 Å². The van der Waals surface area contributed by atoms with Crippen LogP contribution in [-0.2, 0) is 12.8 Å². The van der Waals surface area contributed by atoms with Crippen LogP contribution in [0.15, 0.2) is 12.4 Å². The summed E-state index contributed by atoms with van der Waals surface area (Å²) in [6.07, 6.45) is 29.2. The molecule has 2 heteroatoms. The fourth-order valence-corrected chi connectivity index (χ4v) is 6.21. The summed E-state index contributed by atoms with van der Waals surface area (Å²) < 4.78 is 0. The number of hydrogen-bond donors (Lipinski definition) is 0. The molecule has 2 saturated carbocycles. The van der Waals surface area contributed by atoms with Gasteiger partial charge in [-0.2, -0.15) is 0 Å². The third-order valence-electron chi connectivity index (χ3n) is 8.25. The van der Waals surface area contributed by atoms with E-state index in [1.54, 1.807) is 0 Å². The number of unbranched alkanes of at least 4 members (excludes halogenated alkanes) is 4. The van der Waals surface area contributed by atoms with Crippen molar-refractivity contribution in [3.8, 4) is 0 Å². The highest BCUT2D eigenvalue weighted by Gasteiger charge is 2.30. The molecule has 0 saturated heterocycles. The number of hydrogen-bond acceptors (Lipinski definition) is 2. The van der Waals surface area contributed by atoms with Crippen LogP contribution >= 0.6 is 0 Å². The standard InChI is InChI=1S/C28H48N2/c1-3-5-6-7-8-10-25-21-29-28(30-22-25)20-15-24-13-18-27(19-14-24)26-16-11-23(9-4-2)12-17-26/h21-24,26-27H,3-20H2,1-2H3/t23-,24-,26-,27-. The summed E-state index contributed by atoms with van der Waals surface area (Å²) in [6.45, 7) is 4.62. The zero-order valence-electron chi connectivity index (χ0n) is 20.1. The Balaban J connectivity index is 1.29. The molecule has 1 aromatic rings. The first-order valence-electron chi connectivity index (χ1n) is 13.6. The van der Waals surface area contributed by atoms with E-state index in [1.807, 2.05) is 0 Å². The molecule has 0 amide bonds. The van der Waals surface area contributed by atoms with Gasteiger partial charge in [0.15, 0.2) is 0 Å². The number of aryl methyl sites for hydroxylation is 2. The molecule has 0 spiro atoms. The Labute approximate surface area is 187 Å². The first kappa shape index (κ1) is 23.7. The van der Waals surface area contributed by atoms with Crippen molar-refractivity contribution in [2.45, 2.75) is 129 Å². The highest BCUT2D eigenvalue weighted by molar-refractivity contribution is 5.05. The Morgan fingerprint density at radius 1 is 0.633 bits per heavy atom. The van der Waals surface area contributed by atoms with Gasteiger partial charge in [0.05, 0.1) is 0 Å². The lowest BCUT2D eigenvalue weighted by molar-refractivity contribution is 0.141. The first-order chi connectivity index (χ1) is 14.8. The normalized spacial score (nSPS) is 27.3. The van der Waals surface area contributed by atoms with E-state index in [-0.39, 0.29) is 0 Å². The van der Waals surface area contributed by atoms with Crippen LogP contribution in [0.1, 0.15) is 128 Å². The largest absolute Gasteiger partial charge is 0.241 e. The van der Waals surface area contributed by atoms with Crippen LogP contribution in [0.3, 0.4) is 0 Å². The molecule has 0 aromatic carbocycles. The van der Waals surface area contributed by atoms with E-state index in [4.69, 9.17) is 0 Å². The highest BCUT2D eigenvalue weighted by Crippen LogP contribution is 2.42. The van der Waals surface area contributed by atoms with Gasteiger partial charge in [-0.05, 0) is 74.2 Å². The molecular weight excluding hydrogens is 364 g/mol. The Morgan fingerprint density at radius 2 is 1.20 bits per heavy atom. The summed E-state index contributed by atoms with van der Waals surface area (Å²) >= 11 is 0. The number of rotatable bonds is 12. The second-order valence-corrected chi connectivity index (χ2v) is 10.6. The van der Waals surface area contributed by atoms with Gasteiger partial charge in [0.25, 0.3) is 0 Å². The minimum atomic E-state index is 0.916. The van der Waals surface area contributed by atoms with Crippen LogP contribution < -0.4 is 0 Å². The Bertz CT molecular complexity index is 551. The van der Waals surface area contributed by atoms with E-state index in [0.717, 1.165) is 42.3 Å². The van der Waals surface area contributed by atoms with Gasteiger partial charge in [0.1, 0.15) is 5.82 Å². The van der Waals surface area contributed by atoms with Crippen LogP contribution in [-0.4, -0.2) is 9.97 Å². The van der Waals surface area contributed by atoms with Gasteiger partial charge in [-0.3, -0.25) is 0 Å². The summed E-state index contributed by atoms with van der Waals surface area (Å²) in [4.78, 5) is 9.36. The van der Waals surface area contributed by atoms with Crippen LogP contribution in [0.2, 0.25) is 0 Å². The third kappa shape index (κ3) is 7.97. The predicted molar refractivity (Wildman–Crippen MR) is 129 cm³/mol. The number of aromatic nitrogens is 2. The molecular formula is C28H48N2. The minimum Gasteiger partial charge on any atom is -0.241 e. The lowest BCUT2D eigenvalue weighted by Gasteiger charge is -2.38. The molecule has 1 aromatic heterocycles. The van der Waals surface area contributed by atoms with E-state index in [0.29, 0.717) is 0 Å². The molecule has 2 fully saturated rings. The predicted octanol–water partition coefficient (Wildman–Crippen LogP) is 8.34. The summed E-state index contributed by atoms with van der Waals surface area (Å²) in [6, 6.07) is 0. The van der Waals surface area contributed by atoms with Crippen molar-refractivity contribution in [1.29, 1.82) is 0 Å². The maximum absolute atomic E-state index is 4.68. The van der Waals surface area contributed by atoms with Crippen LogP contribution in [0.5, 0.6) is 0 Å². The second kappa shape index (κ2) is 13.5. The van der Waals surface area contributed by atoms with E-state index in [1.165, 1.54) is 108 Å². The molecule has 2 nitrogen and oxygen atoms in total. The van der Waals surface area contributed by atoms with Crippen LogP contribution in [0.25, 0.3) is 0 Å². The molecule has 3 rings (SSSR count). The fraction of sp³-hybridized carbons (Fsp3) is 0.857. The van der Waals surface area contributed by atoms with Crippen molar-refractivity contribution in [3.63, 3.8) is 0 Å². The maximum atomic E-state index is 4.68. The van der Waals surface area contributed by atoms with Crippen molar-refractivity contribution in [2.24, 2.45) is 23.7 Å². The van der Waals surface area contributed by atoms with Crippen molar-refractivity contribution in [3.05, 3.63) is 23.8 Å². The highest BCUT2D eigenvalue weighted by atomic mass is 14.9. The third-order valence-corrected chi connectivity index (χ3v) is 8.25. The Morgan fingerprint density at radius 3 is 1.77 bits per heavy atom. The molecule has 0 N–H and O–H groups in total. The zero-order valence-corrected chi connectivity index (χ0v) is 20.1. The zero-order chi connectivity index (χ0) is 21.0. The van der Waals surface area contributed by atoms with E-state index in [9.17, 15) is 0 Å². The van der Waals surface area contributed by atoms with E-state index < -0.39 is 0 Å². The SMILES string of the molecule is CCCCCCCc1cnc(CC[C@H]2CC[C@H]([C@H]3CC[C@H](CCC)CC3)CC2)nc1. The Kier molecular flexibility index (Phi) is 10.7. The van der Waals surface area contributed by atoms with Gasteiger partial charge in [-0.15, -0.1) is 0 Å². The molecule has 1 heterocycles. The molecule has 0 radical (unpaired) electrons. The average Bonchev–Trinajstić information content (AvgIpc) is 2.79. The van der Waals surface area contributed by atoms with E-state index >= 15 is 0 Å². The summed E-state index contributed by atoms with van der Waals surface area (Å²) in [5.41, 5.74) is 1.32. The molecule has 2 aliphatic carbocycles. The molecule has 0 aliphatic heterocycles. The van der Waals surface area contributed by atoms with Gasteiger partial charge in [-0.25, -0.2) is 9.97 Å². The molecule has 0 bridgehead atoms. The van der Waals surface area contributed by atoms with Gasteiger partial charge < -0.3 is 0 Å². The van der Waals surface area contributed by atoms with Crippen molar-refractivity contribution in [1.82, 2.24) is 9.97 Å². The summed E-state index contributed by atoms with van der Waals surface area (Å²) in [5.74, 6) is 5.13. The lowest BCUT2D eigenvalue weighted by Crippen LogP contribution is -2.26. The molecule has 2 aliphatic rings. The smallest absolute Gasteiger partial charge is 0.128 e. The second-order valence-electron chi connectivity index (χ2n) is 10.6. The van der Waals surface area contributed by atoms with Crippen molar-refractivity contribution >= 4 is 0 Å². The Hall–Kier alpha value is -0.920. The van der Waals surface area contributed by atoms with Gasteiger partial charge >= 0.3 is 0 Å².